The van der Waals surface area contributed by atoms with Crippen LogP contribution in [0.3, 0.4) is 0 Å². The maximum absolute atomic E-state index is 12.6. The predicted octanol–water partition coefficient (Wildman–Crippen LogP) is 4.44. The monoisotopic (exact) mass is 375 g/mol. The van der Waals surface area contributed by atoms with Gasteiger partial charge in [0, 0.05) is 17.8 Å². The van der Waals surface area contributed by atoms with Gasteiger partial charge in [0.05, 0.1) is 11.4 Å². The summed E-state index contributed by atoms with van der Waals surface area (Å²) in [7, 11) is 0. The van der Waals surface area contributed by atoms with E-state index in [1.54, 1.807) is 0 Å². The van der Waals surface area contributed by atoms with Gasteiger partial charge in [-0.3, -0.25) is 4.79 Å². The van der Waals surface area contributed by atoms with Gasteiger partial charge >= 0.3 is 0 Å². The summed E-state index contributed by atoms with van der Waals surface area (Å²) in [6, 6.07) is 18.4. The molecule has 4 nitrogen and oxygen atoms in total. The van der Waals surface area contributed by atoms with Crippen LogP contribution in [0.15, 0.2) is 59.6 Å². The van der Waals surface area contributed by atoms with Crippen LogP contribution in [0.4, 0.5) is 5.69 Å². The smallest absolute Gasteiger partial charge is 0.237 e. The largest absolute Gasteiger partial charge is 0.311 e. The molecule has 0 fully saturated rings. The number of amides is 1. The summed E-state index contributed by atoms with van der Waals surface area (Å²) in [5, 5.41) is 9.45. The highest BCUT2D eigenvalue weighted by molar-refractivity contribution is 7.99. The minimum absolute atomic E-state index is 0.116. The van der Waals surface area contributed by atoms with Crippen molar-refractivity contribution >= 4 is 23.4 Å². The number of carbonyl (C=O) groups excluding carboxylic acids is 1. The Morgan fingerprint density at radius 3 is 2.74 bits per heavy atom. The molecule has 1 aliphatic heterocycles. The molecule has 0 bridgehead atoms. The lowest BCUT2D eigenvalue weighted by molar-refractivity contribution is -0.116. The number of thioether (sulfide) groups is 1. The maximum Gasteiger partial charge on any atom is 0.237 e. The maximum atomic E-state index is 12.6. The van der Waals surface area contributed by atoms with E-state index >= 15 is 0 Å². The highest BCUT2D eigenvalue weighted by atomic mass is 32.2. The third-order valence-electron chi connectivity index (χ3n) is 4.84. The predicted molar refractivity (Wildman–Crippen MR) is 110 cm³/mol. The van der Waals surface area contributed by atoms with Crippen LogP contribution in [0, 0.1) is 13.8 Å². The van der Waals surface area contributed by atoms with E-state index in [0.717, 1.165) is 34.9 Å². The van der Waals surface area contributed by atoms with Crippen LogP contribution in [0.1, 0.15) is 16.7 Å². The van der Waals surface area contributed by atoms with E-state index in [1.807, 2.05) is 35.2 Å². The van der Waals surface area contributed by atoms with Gasteiger partial charge in [0.25, 0.3) is 0 Å². The Bertz CT molecular complexity index is 985. The zero-order chi connectivity index (χ0) is 18.8. The second kappa shape index (κ2) is 7.53. The first kappa shape index (κ1) is 17.7. The number of anilines is 1. The molecule has 27 heavy (non-hydrogen) atoms. The van der Waals surface area contributed by atoms with Gasteiger partial charge in [-0.25, -0.2) is 0 Å². The summed E-state index contributed by atoms with van der Waals surface area (Å²) in [6.45, 7) is 4.91. The first-order chi connectivity index (χ1) is 13.1. The summed E-state index contributed by atoms with van der Waals surface area (Å²) >= 11 is 1.44. The molecular formula is C22H21N3OS. The fraction of sp³-hybridized carbons (Fsp3) is 0.227. The van der Waals surface area contributed by atoms with Crippen LogP contribution in [-0.2, 0) is 11.2 Å². The van der Waals surface area contributed by atoms with Crippen molar-refractivity contribution in [1.82, 2.24) is 10.2 Å². The van der Waals surface area contributed by atoms with Gasteiger partial charge in [0.1, 0.15) is 5.03 Å². The molecule has 2 aromatic carbocycles. The van der Waals surface area contributed by atoms with Gasteiger partial charge < -0.3 is 4.90 Å². The average Bonchev–Trinajstić information content (AvgIpc) is 3.13. The normalized spacial score (nSPS) is 12.9. The van der Waals surface area contributed by atoms with Crippen molar-refractivity contribution in [3.05, 3.63) is 71.3 Å². The number of aryl methyl sites for hydroxylation is 2. The molecule has 0 aliphatic carbocycles. The topological polar surface area (TPSA) is 46.1 Å². The first-order valence-corrected chi connectivity index (χ1v) is 10.0. The van der Waals surface area contributed by atoms with Crippen molar-refractivity contribution in [2.75, 3.05) is 17.2 Å². The first-order valence-electron chi connectivity index (χ1n) is 9.04. The van der Waals surface area contributed by atoms with Gasteiger partial charge in [-0.1, -0.05) is 47.7 Å². The molecule has 0 spiro atoms. The molecule has 136 valence electrons. The number of benzene rings is 2. The Labute approximate surface area is 163 Å². The van der Waals surface area contributed by atoms with E-state index in [1.165, 1.54) is 28.5 Å². The van der Waals surface area contributed by atoms with Crippen molar-refractivity contribution in [3.8, 4) is 11.3 Å². The molecule has 3 aromatic rings. The van der Waals surface area contributed by atoms with Crippen LogP contribution in [-0.4, -0.2) is 28.4 Å². The summed E-state index contributed by atoms with van der Waals surface area (Å²) in [6.07, 6.45) is 0.928. The zero-order valence-electron chi connectivity index (χ0n) is 15.5. The number of rotatable bonds is 4. The summed E-state index contributed by atoms with van der Waals surface area (Å²) in [4.78, 5) is 14.5. The van der Waals surface area contributed by atoms with Crippen molar-refractivity contribution in [2.45, 2.75) is 25.3 Å². The molecule has 0 N–H and O–H groups in total. The minimum atomic E-state index is 0.116. The van der Waals surface area contributed by atoms with Gasteiger partial charge in [-0.05, 0) is 55.7 Å². The Kier molecular flexibility index (Phi) is 4.94. The average molecular weight is 375 g/mol. The molecule has 1 aliphatic rings. The molecule has 4 rings (SSSR count). The number of aromatic nitrogens is 2. The van der Waals surface area contributed by atoms with Crippen molar-refractivity contribution in [2.24, 2.45) is 0 Å². The third kappa shape index (κ3) is 3.74. The molecule has 0 saturated heterocycles. The Morgan fingerprint density at radius 2 is 1.93 bits per heavy atom. The summed E-state index contributed by atoms with van der Waals surface area (Å²) in [5.41, 5.74) is 6.63. The molecule has 5 heteroatoms. The van der Waals surface area contributed by atoms with Gasteiger partial charge in [-0.2, -0.15) is 0 Å². The third-order valence-corrected chi connectivity index (χ3v) is 5.75. The molecule has 1 aromatic heterocycles. The van der Waals surface area contributed by atoms with E-state index in [-0.39, 0.29) is 5.91 Å². The highest BCUT2D eigenvalue weighted by Crippen LogP contribution is 2.29. The number of carbonyl (C=O) groups is 1. The van der Waals surface area contributed by atoms with Gasteiger partial charge in [0.15, 0.2) is 0 Å². The molecule has 0 atom stereocenters. The lowest BCUT2D eigenvalue weighted by Gasteiger charge is -2.16. The Balaban J connectivity index is 1.42. The number of hydrogen-bond donors (Lipinski definition) is 0. The quantitative estimate of drug-likeness (QED) is 0.633. The van der Waals surface area contributed by atoms with Gasteiger partial charge in [0.2, 0.25) is 5.91 Å². The van der Waals surface area contributed by atoms with E-state index in [0.29, 0.717) is 5.75 Å². The van der Waals surface area contributed by atoms with E-state index in [9.17, 15) is 4.79 Å². The van der Waals surface area contributed by atoms with Crippen LogP contribution in [0.5, 0.6) is 0 Å². The van der Waals surface area contributed by atoms with Crippen molar-refractivity contribution < 1.29 is 4.79 Å². The SMILES string of the molecule is Cc1ccc(C)c(-c2ccc(SCC(=O)N3CCc4ccccc43)nn2)c1. The fourth-order valence-corrected chi connectivity index (χ4v) is 4.05. The molecule has 0 radical (unpaired) electrons. The molecule has 0 unspecified atom stereocenters. The number of nitrogens with zero attached hydrogens (tertiary/aromatic N) is 3. The number of fused-ring (bicyclic) bond motifs is 1. The van der Waals surface area contributed by atoms with E-state index < -0.39 is 0 Å². The van der Waals surface area contributed by atoms with Crippen LogP contribution in [0.25, 0.3) is 11.3 Å². The molecule has 0 saturated carbocycles. The number of hydrogen-bond acceptors (Lipinski definition) is 4. The lowest BCUT2D eigenvalue weighted by Crippen LogP contribution is -2.30. The molecular weight excluding hydrogens is 354 g/mol. The highest BCUT2D eigenvalue weighted by Gasteiger charge is 2.24. The Hall–Kier alpha value is -2.66. The Morgan fingerprint density at radius 1 is 1.07 bits per heavy atom. The van der Waals surface area contributed by atoms with Crippen LogP contribution < -0.4 is 4.90 Å². The second-order valence-electron chi connectivity index (χ2n) is 6.79. The summed E-state index contributed by atoms with van der Waals surface area (Å²) in [5.74, 6) is 0.483. The van der Waals surface area contributed by atoms with Gasteiger partial charge in [-0.15, -0.1) is 10.2 Å². The van der Waals surface area contributed by atoms with Crippen molar-refractivity contribution in [3.63, 3.8) is 0 Å². The minimum Gasteiger partial charge on any atom is -0.311 e. The number of para-hydroxylation sites is 1. The van der Waals surface area contributed by atoms with E-state index in [4.69, 9.17) is 0 Å². The zero-order valence-corrected chi connectivity index (χ0v) is 16.3. The fourth-order valence-electron chi connectivity index (χ4n) is 3.36. The molecule has 2 heterocycles. The second-order valence-corrected chi connectivity index (χ2v) is 7.78. The summed E-state index contributed by atoms with van der Waals surface area (Å²) < 4.78 is 0. The standard InChI is InChI=1S/C22H21N3OS/c1-15-7-8-16(2)18(13-15)19-9-10-21(24-23-19)27-14-22(26)25-12-11-17-5-3-4-6-20(17)25/h3-10,13H,11-12,14H2,1-2H3. The van der Waals surface area contributed by atoms with E-state index in [2.05, 4.69) is 48.3 Å². The lowest BCUT2D eigenvalue weighted by atomic mass is 10.0. The van der Waals surface area contributed by atoms with Crippen molar-refractivity contribution in [1.29, 1.82) is 0 Å². The molecule has 1 amide bonds. The van der Waals surface area contributed by atoms with Crippen LogP contribution in [0.2, 0.25) is 0 Å². The van der Waals surface area contributed by atoms with Crippen LogP contribution >= 0.6 is 11.8 Å².